The smallest absolute Gasteiger partial charge is 0.0934 e. The Labute approximate surface area is 73.5 Å². The normalized spacial score (nSPS) is 10.4. The first-order valence-electron chi connectivity index (χ1n) is 4.31. The first-order chi connectivity index (χ1) is 5.93. The minimum atomic E-state index is 0.769. The second kappa shape index (κ2) is 5.84. The van der Waals surface area contributed by atoms with Crippen molar-refractivity contribution < 1.29 is 9.15 Å². The molecule has 12 heavy (non-hydrogen) atoms. The molecule has 0 fully saturated rings. The molecular weight excluding hydrogens is 152 g/mol. The first kappa shape index (κ1) is 9.33. The lowest BCUT2D eigenvalue weighted by Gasteiger charge is -1.97. The van der Waals surface area contributed by atoms with Gasteiger partial charge in [-0.3, -0.25) is 0 Å². The van der Waals surface area contributed by atoms with Gasteiger partial charge in [0.25, 0.3) is 0 Å². The molecule has 0 bridgehead atoms. The van der Waals surface area contributed by atoms with E-state index in [1.54, 1.807) is 12.5 Å². The van der Waals surface area contributed by atoms with E-state index in [0.717, 1.165) is 19.4 Å². The number of unbranched alkanes of at least 4 members (excludes halogenated alkanes) is 2. The summed E-state index contributed by atoms with van der Waals surface area (Å²) in [5.41, 5.74) is 1.28. The highest BCUT2D eigenvalue weighted by molar-refractivity contribution is 5.04. The fraction of sp³-hybridized carbons (Fsp3) is 0.500. The Bertz CT molecular complexity index is 180. The van der Waals surface area contributed by atoms with Crippen molar-refractivity contribution in [3.63, 3.8) is 0 Å². The monoisotopic (exact) mass is 167 g/mol. The number of hydrogen-bond donors (Lipinski definition) is 0. The number of ether oxygens (including phenoxy) is 1. The molecule has 0 N–H and O–H groups in total. The van der Waals surface area contributed by atoms with E-state index in [-0.39, 0.29) is 0 Å². The molecule has 0 saturated carbocycles. The van der Waals surface area contributed by atoms with Crippen LogP contribution in [0.4, 0.5) is 0 Å². The average Bonchev–Trinajstić information content (AvgIpc) is 2.57. The highest BCUT2D eigenvalue weighted by Crippen LogP contribution is 2.06. The Hall–Kier alpha value is -0.760. The molecule has 0 unspecified atom stereocenters. The summed E-state index contributed by atoms with van der Waals surface area (Å²) in [5.74, 6) is 0. The molecule has 0 aliphatic rings. The molecular formula is C10H15O2. The van der Waals surface area contributed by atoms with Crippen LogP contribution in [0, 0.1) is 7.11 Å². The predicted octanol–water partition coefficient (Wildman–Crippen LogP) is 2.80. The third-order valence-corrected chi connectivity index (χ3v) is 1.83. The van der Waals surface area contributed by atoms with Crippen molar-refractivity contribution in [2.45, 2.75) is 25.7 Å². The van der Waals surface area contributed by atoms with Crippen LogP contribution in [-0.4, -0.2) is 6.61 Å². The molecule has 0 spiro atoms. The molecule has 2 heteroatoms. The summed E-state index contributed by atoms with van der Waals surface area (Å²) in [7, 11) is 3.32. The van der Waals surface area contributed by atoms with E-state index in [2.05, 4.69) is 7.11 Å². The van der Waals surface area contributed by atoms with Gasteiger partial charge in [-0.05, 0) is 30.9 Å². The second-order valence-electron chi connectivity index (χ2n) is 2.85. The van der Waals surface area contributed by atoms with Crippen molar-refractivity contribution >= 4 is 0 Å². The molecule has 0 aliphatic heterocycles. The van der Waals surface area contributed by atoms with Crippen LogP contribution in [0.3, 0.4) is 0 Å². The minimum absolute atomic E-state index is 0.769. The van der Waals surface area contributed by atoms with E-state index in [0.29, 0.717) is 0 Å². The van der Waals surface area contributed by atoms with Crippen LogP contribution in [0.15, 0.2) is 23.0 Å². The van der Waals surface area contributed by atoms with Crippen molar-refractivity contribution in [3.05, 3.63) is 31.3 Å². The Balaban J connectivity index is 1.96. The molecule has 1 radical (unpaired) electrons. The molecule has 0 amide bonds. The zero-order valence-electron chi connectivity index (χ0n) is 7.29. The topological polar surface area (TPSA) is 22.4 Å². The third kappa shape index (κ3) is 3.58. The van der Waals surface area contributed by atoms with Gasteiger partial charge in [-0.1, -0.05) is 6.42 Å². The summed E-state index contributed by atoms with van der Waals surface area (Å²) in [4.78, 5) is 0. The van der Waals surface area contributed by atoms with Gasteiger partial charge < -0.3 is 9.15 Å². The molecule has 1 aromatic rings. The summed E-state index contributed by atoms with van der Waals surface area (Å²) in [6, 6.07) is 2.01. The lowest BCUT2D eigenvalue weighted by atomic mass is 10.1. The molecule has 2 nitrogen and oxygen atoms in total. The van der Waals surface area contributed by atoms with Crippen LogP contribution >= 0.6 is 0 Å². The fourth-order valence-electron chi connectivity index (χ4n) is 1.14. The standard InChI is InChI=1S/C10H15O2/c1-11-7-4-2-3-5-10-6-8-12-9-10/h6,8-9H,1-5,7H2. The van der Waals surface area contributed by atoms with Crippen LogP contribution in [0.5, 0.6) is 0 Å². The number of furan rings is 1. The van der Waals surface area contributed by atoms with Crippen molar-refractivity contribution in [2.75, 3.05) is 6.61 Å². The van der Waals surface area contributed by atoms with Gasteiger partial charge in [-0.2, -0.15) is 0 Å². The Morgan fingerprint density at radius 1 is 1.33 bits per heavy atom. The van der Waals surface area contributed by atoms with E-state index in [4.69, 9.17) is 9.15 Å². The zero-order chi connectivity index (χ0) is 8.65. The van der Waals surface area contributed by atoms with Crippen molar-refractivity contribution in [2.24, 2.45) is 0 Å². The summed E-state index contributed by atoms with van der Waals surface area (Å²) in [6.07, 6.45) is 8.12. The molecule has 1 heterocycles. The van der Waals surface area contributed by atoms with Crippen LogP contribution in [-0.2, 0) is 11.2 Å². The quantitative estimate of drug-likeness (QED) is 0.608. The summed E-state index contributed by atoms with van der Waals surface area (Å²) >= 11 is 0. The highest BCUT2D eigenvalue weighted by Gasteiger charge is 1.93. The molecule has 1 aromatic heterocycles. The van der Waals surface area contributed by atoms with Gasteiger partial charge in [0.2, 0.25) is 0 Å². The molecule has 0 aromatic carbocycles. The number of aryl methyl sites for hydroxylation is 1. The van der Waals surface area contributed by atoms with Gasteiger partial charge in [0.05, 0.1) is 19.6 Å². The zero-order valence-corrected chi connectivity index (χ0v) is 7.29. The van der Waals surface area contributed by atoms with Gasteiger partial charge in [-0.25, -0.2) is 0 Å². The van der Waals surface area contributed by atoms with E-state index in [9.17, 15) is 0 Å². The van der Waals surface area contributed by atoms with Crippen LogP contribution < -0.4 is 0 Å². The maximum atomic E-state index is 4.96. The lowest BCUT2D eigenvalue weighted by molar-refractivity contribution is 0.234. The fourth-order valence-corrected chi connectivity index (χ4v) is 1.14. The average molecular weight is 167 g/mol. The molecule has 0 aliphatic carbocycles. The molecule has 1 rings (SSSR count). The summed E-state index contributed by atoms with van der Waals surface area (Å²) in [5, 5.41) is 0. The van der Waals surface area contributed by atoms with Gasteiger partial charge in [0.15, 0.2) is 0 Å². The number of hydrogen-bond acceptors (Lipinski definition) is 2. The second-order valence-corrected chi connectivity index (χ2v) is 2.85. The van der Waals surface area contributed by atoms with E-state index in [1.807, 2.05) is 6.07 Å². The summed E-state index contributed by atoms with van der Waals surface area (Å²) in [6.45, 7) is 0.769. The molecule has 67 valence electrons. The molecule has 0 saturated heterocycles. The Morgan fingerprint density at radius 3 is 2.92 bits per heavy atom. The maximum Gasteiger partial charge on any atom is 0.0934 e. The van der Waals surface area contributed by atoms with E-state index < -0.39 is 0 Å². The van der Waals surface area contributed by atoms with E-state index >= 15 is 0 Å². The first-order valence-corrected chi connectivity index (χ1v) is 4.31. The van der Waals surface area contributed by atoms with E-state index in [1.165, 1.54) is 18.4 Å². The van der Waals surface area contributed by atoms with Gasteiger partial charge in [0.1, 0.15) is 0 Å². The largest absolute Gasteiger partial charge is 0.472 e. The van der Waals surface area contributed by atoms with Gasteiger partial charge in [0, 0.05) is 6.61 Å². The Kier molecular flexibility index (Phi) is 4.54. The highest BCUT2D eigenvalue weighted by atomic mass is 16.5. The molecule has 0 atom stereocenters. The van der Waals surface area contributed by atoms with Gasteiger partial charge >= 0.3 is 0 Å². The van der Waals surface area contributed by atoms with Crippen molar-refractivity contribution in [3.8, 4) is 0 Å². The summed E-state index contributed by atoms with van der Waals surface area (Å²) < 4.78 is 9.67. The lowest BCUT2D eigenvalue weighted by Crippen LogP contribution is -1.88. The van der Waals surface area contributed by atoms with Crippen molar-refractivity contribution in [1.82, 2.24) is 0 Å². The third-order valence-electron chi connectivity index (χ3n) is 1.83. The van der Waals surface area contributed by atoms with Crippen LogP contribution in [0.2, 0.25) is 0 Å². The van der Waals surface area contributed by atoms with Crippen LogP contribution in [0.25, 0.3) is 0 Å². The minimum Gasteiger partial charge on any atom is -0.472 e. The Morgan fingerprint density at radius 2 is 2.25 bits per heavy atom. The predicted molar refractivity (Wildman–Crippen MR) is 47.6 cm³/mol. The van der Waals surface area contributed by atoms with Crippen LogP contribution in [0.1, 0.15) is 24.8 Å². The van der Waals surface area contributed by atoms with Gasteiger partial charge in [-0.15, -0.1) is 0 Å². The maximum absolute atomic E-state index is 4.96. The number of rotatable bonds is 6. The SMILES string of the molecule is [CH2]OCCCCCc1ccoc1. The van der Waals surface area contributed by atoms with Crippen molar-refractivity contribution in [1.29, 1.82) is 0 Å².